The molecule has 5 heteroatoms. The fraction of sp³-hybridized carbons (Fsp3) is 0.429. The predicted octanol–water partition coefficient (Wildman–Crippen LogP) is 8.40. The van der Waals surface area contributed by atoms with Gasteiger partial charge in [-0.15, -0.1) is 0 Å². The van der Waals surface area contributed by atoms with Gasteiger partial charge in [-0.1, -0.05) is 63.9 Å². The molecule has 2 aromatic carbocycles. The summed E-state index contributed by atoms with van der Waals surface area (Å²) in [7, 11) is 0. The van der Waals surface area contributed by atoms with E-state index in [-0.39, 0.29) is 6.04 Å². The Kier molecular flexibility index (Phi) is 9.33. The number of anilines is 2. The van der Waals surface area contributed by atoms with E-state index in [1.807, 2.05) is 6.07 Å². The van der Waals surface area contributed by atoms with Crippen molar-refractivity contribution >= 4 is 17.7 Å². The molecule has 0 amide bonds. The van der Waals surface area contributed by atoms with Gasteiger partial charge in [-0.2, -0.15) is 0 Å². The third-order valence-corrected chi connectivity index (χ3v) is 8.60. The standard InChI is InChI=1S/C35H45N5/c1-4-7-8-11-26(21-36)31(6-3)39-34-15-10-14-32(40-34)30-13-9-12-25-16-19-33(35(25)30)38-28-17-18-29(24(5-2)20-28)27-22-37-23-27/h9-10,12-15,17-18,20-21,27,33,36-38H,4-8,11,16,19,22-23H2,1-3H3,(H,39,40)/b31-26-,36-21?. The first kappa shape index (κ1) is 28.1. The Morgan fingerprint density at radius 3 is 2.62 bits per heavy atom. The highest BCUT2D eigenvalue weighted by Crippen LogP contribution is 2.41. The molecule has 5 nitrogen and oxygen atoms in total. The first-order chi connectivity index (χ1) is 19.6. The third-order valence-electron chi connectivity index (χ3n) is 8.60. The molecule has 1 fully saturated rings. The smallest absolute Gasteiger partial charge is 0.130 e. The normalized spacial score (nSPS) is 17.1. The molecule has 2 heterocycles. The minimum absolute atomic E-state index is 0.264. The number of allylic oxidation sites excluding steroid dienone is 2. The fourth-order valence-electron chi connectivity index (χ4n) is 6.24. The highest BCUT2D eigenvalue weighted by atomic mass is 15.0. The van der Waals surface area contributed by atoms with Crippen LogP contribution < -0.4 is 16.0 Å². The van der Waals surface area contributed by atoms with Crippen molar-refractivity contribution < 1.29 is 0 Å². The molecular weight excluding hydrogens is 490 g/mol. The zero-order valence-corrected chi connectivity index (χ0v) is 24.4. The molecule has 3 aromatic rings. The average molecular weight is 536 g/mol. The molecule has 2 aliphatic rings. The van der Waals surface area contributed by atoms with Crippen LogP contribution in [0, 0.1) is 5.41 Å². The summed E-state index contributed by atoms with van der Waals surface area (Å²) in [5, 5.41) is 18.9. The van der Waals surface area contributed by atoms with Gasteiger partial charge in [0.1, 0.15) is 5.82 Å². The number of rotatable bonds is 13. The monoisotopic (exact) mass is 535 g/mol. The Labute approximate surface area is 240 Å². The first-order valence-corrected chi connectivity index (χ1v) is 15.3. The van der Waals surface area contributed by atoms with Gasteiger partial charge in [0.25, 0.3) is 0 Å². The quantitative estimate of drug-likeness (QED) is 0.131. The predicted molar refractivity (Wildman–Crippen MR) is 170 cm³/mol. The Morgan fingerprint density at radius 1 is 1.05 bits per heavy atom. The number of nitrogens with zero attached hydrogens (tertiary/aromatic N) is 1. The van der Waals surface area contributed by atoms with Gasteiger partial charge in [-0.25, -0.2) is 4.98 Å². The highest BCUT2D eigenvalue weighted by molar-refractivity contribution is 5.78. The first-order valence-electron chi connectivity index (χ1n) is 15.3. The second-order valence-corrected chi connectivity index (χ2v) is 11.2. The van der Waals surface area contributed by atoms with Crippen LogP contribution in [0.25, 0.3) is 11.3 Å². The molecule has 0 bridgehead atoms. The summed E-state index contributed by atoms with van der Waals surface area (Å²) in [6.45, 7) is 8.82. The summed E-state index contributed by atoms with van der Waals surface area (Å²) in [5.41, 5.74) is 11.4. The lowest BCUT2D eigenvalue weighted by Gasteiger charge is -2.30. The molecule has 0 saturated carbocycles. The summed E-state index contributed by atoms with van der Waals surface area (Å²) >= 11 is 0. The molecule has 1 unspecified atom stereocenters. The maximum atomic E-state index is 7.99. The van der Waals surface area contributed by atoms with Crippen LogP contribution in [0.2, 0.25) is 0 Å². The molecular formula is C35H45N5. The SMILES string of the molecule is CCCCC/C(C=N)=C(\CC)Nc1cccc(-c2cccc3c2C(Nc2ccc(C4CNC4)c(CC)c2)CC3)n1. The molecule has 1 aromatic heterocycles. The van der Waals surface area contributed by atoms with Gasteiger partial charge in [0, 0.05) is 42.2 Å². The summed E-state index contributed by atoms with van der Waals surface area (Å²) in [4.78, 5) is 5.08. The second-order valence-electron chi connectivity index (χ2n) is 11.2. The lowest BCUT2D eigenvalue weighted by Crippen LogP contribution is -2.40. The number of benzene rings is 2. The Hall–Kier alpha value is -3.44. The van der Waals surface area contributed by atoms with Gasteiger partial charge in [0.05, 0.1) is 11.7 Å². The van der Waals surface area contributed by atoms with Crippen molar-refractivity contribution in [2.75, 3.05) is 23.7 Å². The van der Waals surface area contributed by atoms with Gasteiger partial charge < -0.3 is 21.4 Å². The van der Waals surface area contributed by atoms with Gasteiger partial charge >= 0.3 is 0 Å². The van der Waals surface area contributed by atoms with E-state index in [1.165, 1.54) is 52.6 Å². The van der Waals surface area contributed by atoms with E-state index in [2.05, 4.69) is 85.3 Å². The maximum absolute atomic E-state index is 7.99. The van der Waals surface area contributed by atoms with Crippen molar-refractivity contribution in [1.29, 1.82) is 5.41 Å². The van der Waals surface area contributed by atoms with Gasteiger partial charge in [-0.05, 0) is 90.6 Å². The van der Waals surface area contributed by atoms with E-state index >= 15 is 0 Å². The number of hydrogen-bond acceptors (Lipinski definition) is 5. The molecule has 4 N–H and O–H groups in total. The van der Waals surface area contributed by atoms with E-state index in [0.717, 1.165) is 74.4 Å². The van der Waals surface area contributed by atoms with E-state index in [4.69, 9.17) is 10.4 Å². The zero-order valence-electron chi connectivity index (χ0n) is 24.4. The molecule has 0 radical (unpaired) electrons. The molecule has 0 spiro atoms. The maximum Gasteiger partial charge on any atom is 0.130 e. The number of pyridine rings is 1. The molecule has 40 heavy (non-hydrogen) atoms. The van der Waals surface area contributed by atoms with Crippen molar-refractivity contribution in [2.24, 2.45) is 0 Å². The zero-order chi connectivity index (χ0) is 27.9. The summed E-state index contributed by atoms with van der Waals surface area (Å²) < 4.78 is 0. The van der Waals surface area contributed by atoms with Crippen LogP contribution in [-0.4, -0.2) is 24.3 Å². The molecule has 1 saturated heterocycles. The van der Waals surface area contributed by atoms with Crippen molar-refractivity contribution in [1.82, 2.24) is 10.3 Å². The molecule has 1 aliphatic heterocycles. The fourth-order valence-corrected chi connectivity index (χ4v) is 6.24. The lowest BCUT2D eigenvalue weighted by molar-refractivity contribution is 0.446. The second kappa shape index (κ2) is 13.3. The van der Waals surface area contributed by atoms with E-state index < -0.39 is 0 Å². The van der Waals surface area contributed by atoms with Crippen molar-refractivity contribution in [3.05, 3.63) is 88.1 Å². The average Bonchev–Trinajstić information content (AvgIpc) is 3.37. The number of aromatic nitrogens is 1. The van der Waals surface area contributed by atoms with Gasteiger partial charge in [-0.3, -0.25) is 0 Å². The number of unbranched alkanes of at least 4 members (excludes halogenated alkanes) is 2. The van der Waals surface area contributed by atoms with E-state index in [0.29, 0.717) is 5.92 Å². The number of hydrogen-bond donors (Lipinski definition) is 4. The van der Waals surface area contributed by atoms with E-state index in [9.17, 15) is 0 Å². The minimum Gasteiger partial charge on any atom is -0.378 e. The van der Waals surface area contributed by atoms with E-state index in [1.54, 1.807) is 0 Å². The summed E-state index contributed by atoms with van der Waals surface area (Å²) in [5.74, 6) is 1.50. The summed E-state index contributed by atoms with van der Waals surface area (Å²) in [6.07, 6.45) is 10.0. The number of fused-ring (bicyclic) bond motifs is 1. The van der Waals surface area contributed by atoms with Crippen molar-refractivity contribution in [2.45, 2.75) is 84.1 Å². The lowest BCUT2D eigenvalue weighted by atomic mass is 9.88. The largest absolute Gasteiger partial charge is 0.378 e. The van der Waals surface area contributed by atoms with Crippen LogP contribution >= 0.6 is 0 Å². The van der Waals surface area contributed by atoms with Crippen LogP contribution in [0.4, 0.5) is 11.5 Å². The van der Waals surface area contributed by atoms with Crippen LogP contribution in [0.3, 0.4) is 0 Å². The van der Waals surface area contributed by atoms with Gasteiger partial charge in [0.15, 0.2) is 0 Å². The Morgan fingerprint density at radius 2 is 1.90 bits per heavy atom. The number of nitrogens with one attached hydrogen (secondary N) is 4. The van der Waals surface area contributed by atoms with Crippen LogP contribution in [0.15, 0.2) is 65.9 Å². The van der Waals surface area contributed by atoms with Crippen LogP contribution in [0.1, 0.15) is 93.5 Å². The topological polar surface area (TPSA) is 72.8 Å². The number of aryl methyl sites for hydroxylation is 2. The molecule has 1 aliphatic carbocycles. The summed E-state index contributed by atoms with van der Waals surface area (Å²) in [6, 6.07) is 20.2. The minimum atomic E-state index is 0.264. The Bertz CT molecular complexity index is 1350. The molecule has 210 valence electrons. The van der Waals surface area contributed by atoms with Crippen LogP contribution in [0.5, 0.6) is 0 Å². The van der Waals surface area contributed by atoms with Gasteiger partial charge in [0.2, 0.25) is 0 Å². The van der Waals surface area contributed by atoms with Crippen molar-refractivity contribution in [3.8, 4) is 11.3 Å². The molecule has 5 rings (SSSR count). The van der Waals surface area contributed by atoms with Crippen LogP contribution in [-0.2, 0) is 12.8 Å². The highest BCUT2D eigenvalue weighted by Gasteiger charge is 2.27. The van der Waals surface area contributed by atoms with Crippen molar-refractivity contribution in [3.63, 3.8) is 0 Å². The Balaban J connectivity index is 1.39. The molecule has 1 atom stereocenters. The third kappa shape index (κ3) is 6.15.